The van der Waals surface area contributed by atoms with Gasteiger partial charge in [-0.2, -0.15) is 4.39 Å². The van der Waals surface area contributed by atoms with Crippen LogP contribution in [0.25, 0.3) is 11.5 Å². The lowest BCUT2D eigenvalue weighted by Gasteiger charge is -2.36. The molecule has 1 unspecified atom stereocenters. The molecule has 0 N–H and O–H groups in total. The zero-order valence-corrected chi connectivity index (χ0v) is 18.4. The number of ether oxygens (including phenoxy) is 1. The number of halogens is 2. The molecule has 0 radical (unpaired) electrons. The van der Waals surface area contributed by atoms with Crippen molar-refractivity contribution in [3.63, 3.8) is 0 Å². The van der Waals surface area contributed by atoms with Gasteiger partial charge in [0.2, 0.25) is 5.82 Å². The fourth-order valence-electron chi connectivity index (χ4n) is 3.66. The van der Waals surface area contributed by atoms with Crippen molar-refractivity contribution in [3.8, 4) is 17.3 Å². The van der Waals surface area contributed by atoms with E-state index in [1.807, 2.05) is 30.0 Å². The maximum atomic E-state index is 14.3. The number of hydrogen-bond donors (Lipinski definition) is 0. The van der Waals surface area contributed by atoms with Gasteiger partial charge in [-0.25, -0.2) is 22.8 Å². The molecule has 1 aliphatic heterocycles. The van der Waals surface area contributed by atoms with Gasteiger partial charge in [0.05, 0.1) is 17.5 Å². The van der Waals surface area contributed by atoms with Crippen molar-refractivity contribution in [1.82, 2.24) is 15.0 Å². The van der Waals surface area contributed by atoms with Crippen LogP contribution < -0.4 is 9.64 Å². The quantitative estimate of drug-likeness (QED) is 0.558. The number of rotatable bonds is 6. The minimum absolute atomic E-state index is 0.190. The number of sulfone groups is 1. The lowest BCUT2D eigenvalue weighted by Crippen LogP contribution is -2.35. The predicted octanol–water partition coefficient (Wildman–Crippen LogP) is 3.36. The zero-order valence-electron chi connectivity index (χ0n) is 17.6. The van der Waals surface area contributed by atoms with Gasteiger partial charge in [-0.1, -0.05) is 6.07 Å². The first kappa shape index (κ1) is 22.1. The van der Waals surface area contributed by atoms with Crippen LogP contribution in [0.4, 0.5) is 14.5 Å². The summed E-state index contributed by atoms with van der Waals surface area (Å²) in [7, 11) is -3.28. The topological polar surface area (TPSA) is 85.3 Å². The highest BCUT2D eigenvalue weighted by atomic mass is 32.2. The Morgan fingerprint density at radius 1 is 1.22 bits per heavy atom. The van der Waals surface area contributed by atoms with Crippen molar-refractivity contribution in [2.75, 3.05) is 30.1 Å². The molecule has 0 amide bonds. The Balaban J connectivity index is 1.59. The Labute approximate surface area is 185 Å². The second-order valence-electron chi connectivity index (χ2n) is 7.65. The van der Waals surface area contributed by atoms with Crippen LogP contribution in [0.5, 0.6) is 5.75 Å². The zero-order chi connectivity index (χ0) is 22.9. The molecule has 32 heavy (non-hydrogen) atoms. The normalized spacial score (nSPS) is 16.0. The Morgan fingerprint density at radius 2 is 2.03 bits per heavy atom. The van der Waals surface area contributed by atoms with E-state index in [0.29, 0.717) is 30.2 Å². The van der Waals surface area contributed by atoms with E-state index in [2.05, 4.69) is 15.0 Å². The highest BCUT2D eigenvalue weighted by Gasteiger charge is 2.28. The Morgan fingerprint density at radius 3 is 2.75 bits per heavy atom. The number of nitrogens with zero attached hydrogens (tertiary/aromatic N) is 4. The lowest BCUT2D eigenvalue weighted by molar-refractivity contribution is 0.315. The molecule has 3 heterocycles. The van der Waals surface area contributed by atoms with Gasteiger partial charge in [-0.05, 0) is 19.1 Å². The fraction of sp³-hybridized carbons (Fsp3) is 0.318. The minimum Gasteiger partial charge on any atom is -0.489 e. The first-order valence-electron chi connectivity index (χ1n) is 10.1. The van der Waals surface area contributed by atoms with Crippen molar-refractivity contribution in [3.05, 3.63) is 65.6 Å². The number of anilines is 1. The Bertz CT molecular complexity index is 1240. The van der Waals surface area contributed by atoms with E-state index in [-0.39, 0.29) is 24.2 Å². The molecule has 0 saturated carbocycles. The second-order valence-corrected chi connectivity index (χ2v) is 9.91. The maximum absolute atomic E-state index is 14.3. The molecule has 0 fully saturated rings. The van der Waals surface area contributed by atoms with Crippen LogP contribution in [0.3, 0.4) is 0 Å². The third kappa shape index (κ3) is 4.69. The Hall–Kier alpha value is -3.14. The van der Waals surface area contributed by atoms with Crippen molar-refractivity contribution in [1.29, 1.82) is 0 Å². The average Bonchev–Trinajstić information content (AvgIpc) is 2.76. The highest BCUT2D eigenvalue weighted by Crippen LogP contribution is 2.36. The van der Waals surface area contributed by atoms with E-state index in [1.165, 1.54) is 6.07 Å². The summed E-state index contributed by atoms with van der Waals surface area (Å²) in [5.74, 6) is -2.27. The molecule has 0 saturated heterocycles. The summed E-state index contributed by atoms with van der Waals surface area (Å²) in [6.07, 6.45) is 5.07. The van der Waals surface area contributed by atoms with Crippen LogP contribution in [0, 0.1) is 11.6 Å². The van der Waals surface area contributed by atoms with E-state index in [4.69, 9.17) is 4.74 Å². The molecule has 7 nitrogen and oxygen atoms in total. The third-order valence-corrected chi connectivity index (χ3v) is 6.23. The second kappa shape index (κ2) is 8.78. The molecule has 4 rings (SSSR count). The number of benzene rings is 1. The summed E-state index contributed by atoms with van der Waals surface area (Å²) in [4.78, 5) is 15.3. The monoisotopic (exact) mass is 460 g/mol. The molecule has 1 atom stereocenters. The van der Waals surface area contributed by atoms with Gasteiger partial charge in [0, 0.05) is 55.0 Å². The smallest absolute Gasteiger partial charge is 0.200 e. The number of hydrogen-bond acceptors (Lipinski definition) is 7. The molecule has 0 spiro atoms. The lowest BCUT2D eigenvalue weighted by atomic mass is 9.98. The van der Waals surface area contributed by atoms with E-state index in [9.17, 15) is 17.2 Å². The Kier molecular flexibility index (Phi) is 6.05. The van der Waals surface area contributed by atoms with Crippen LogP contribution in [0.2, 0.25) is 0 Å². The van der Waals surface area contributed by atoms with Gasteiger partial charge >= 0.3 is 0 Å². The standard InChI is InChI=1S/C22H22F2N4O3S/c1-14-16-13-26-22(19-5-3-4-7-25-19)27-18(16)6-8-28(14)15-11-17(23)21(24)20(12-15)31-9-10-32(2,29)30/h3-5,7,11-14H,6,8-10H2,1-2H3. The number of pyridine rings is 1. The van der Waals surface area contributed by atoms with Gasteiger partial charge in [0.1, 0.15) is 12.3 Å². The highest BCUT2D eigenvalue weighted by molar-refractivity contribution is 7.90. The molecule has 168 valence electrons. The maximum Gasteiger partial charge on any atom is 0.200 e. The molecule has 2 aromatic heterocycles. The first-order valence-corrected chi connectivity index (χ1v) is 12.1. The van der Waals surface area contributed by atoms with Crippen LogP contribution in [-0.2, 0) is 16.3 Å². The van der Waals surface area contributed by atoms with E-state index >= 15 is 0 Å². The number of aromatic nitrogens is 3. The largest absolute Gasteiger partial charge is 0.489 e. The summed E-state index contributed by atoms with van der Waals surface area (Å²) in [5.41, 5.74) is 2.89. The fourth-order valence-corrected chi connectivity index (χ4v) is 4.04. The van der Waals surface area contributed by atoms with Crippen molar-refractivity contribution in [2.24, 2.45) is 0 Å². The van der Waals surface area contributed by atoms with Crippen LogP contribution in [0.1, 0.15) is 24.2 Å². The SMILES string of the molecule is CC1c2cnc(-c3ccccn3)nc2CCN1c1cc(F)c(F)c(OCCS(C)(=O)=O)c1. The summed E-state index contributed by atoms with van der Waals surface area (Å²) < 4.78 is 56.3. The van der Waals surface area contributed by atoms with Crippen LogP contribution >= 0.6 is 0 Å². The predicted molar refractivity (Wildman–Crippen MR) is 116 cm³/mol. The molecule has 3 aromatic rings. The summed E-state index contributed by atoms with van der Waals surface area (Å²) in [5, 5.41) is 0. The van der Waals surface area contributed by atoms with Gasteiger partial charge in [0.25, 0.3) is 0 Å². The minimum atomic E-state index is -3.28. The van der Waals surface area contributed by atoms with Gasteiger partial charge in [-0.3, -0.25) is 4.98 Å². The van der Waals surface area contributed by atoms with Crippen LogP contribution in [-0.4, -0.2) is 48.5 Å². The molecule has 10 heteroatoms. The molecule has 1 aromatic carbocycles. The summed E-state index contributed by atoms with van der Waals surface area (Å²) >= 11 is 0. The van der Waals surface area contributed by atoms with Gasteiger partial charge < -0.3 is 9.64 Å². The van der Waals surface area contributed by atoms with E-state index in [0.717, 1.165) is 23.6 Å². The first-order chi connectivity index (χ1) is 15.2. The van der Waals surface area contributed by atoms with Gasteiger partial charge in [0.15, 0.2) is 27.2 Å². The summed E-state index contributed by atoms with van der Waals surface area (Å²) in [6, 6.07) is 7.85. The average molecular weight is 461 g/mol. The molecule has 0 bridgehead atoms. The molecular formula is C22H22F2N4O3S. The van der Waals surface area contributed by atoms with E-state index in [1.54, 1.807) is 12.4 Å². The van der Waals surface area contributed by atoms with Crippen molar-refractivity contribution >= 4 is 15.5 Å². The van der Waals surface area contributed by atoms with Gasteiger partial charge in [-0.15, -0.1) is 0 Å². The molecular weight excluding hydrogens is 438 g/mol. The van der Waals surface area contributed by atoms with Crippen LogP contribution in [0.15, 0.2) is 42.7 Å². The van der Waals surface area contributed by atoms with E-state index < -0.39 is 21.5 Å². The van der Waals surface area contributed by atoms with Crippen molar-refractivity contribution in [2.45, 2.75) is 19.4 Å². The van der Waals surface area contributed by atoms with Crippen molar-refractivity contribution < 1.29 is 21.9 Å². The third-order valence-electron chi connectivity index (χ3n) is 5.32. The summed E-state index contributed by atoms with van der Waals surface area (Å²) in [6.45, 7) is 2.20. The molecule has 0 aliphatic carbocycles. The molecule has 1 aliphatic rings. The number of fused-ring (bicyclic) bond motifs is 1.